The first kappa shape index (κ1) is 26.5. The summed E-state index contributed by atoms with van der Waals surface area (Å²) < 4.78 is 8.77. The molecule has 0 aliphatic rings. The number of aromatic amines is 1. The fraction of sp³-hybridized carbons (Fsp3) is 0.346. The molecule has 4 rings (SSSR count). The minimum Gasteiger partial charge on any atom is -0.383 e. The average Bonchev–Trinajstić information content (AvgIpc) is 3.35. The van der Waals surface area contributed by atoms with Crippen LogP contribution in [-0.2, 0) is 17.8 Å². The van der Waals surface area contributed by atoms with Gasteiger partial charge in [0.2, 0.25) is 0 Å². The third-order valence-electron chi connectivity index (χ3n) is 5.98. The first-order valence-corrected chi connectivity index (χ1v) is 12.9. The number of carbonyl (C=O) groups is 1. The van der Waals surface area contributed by atoms with Crippen molar-refractivity contribution in [1.82, 2.24) is 24.1 Å². The number of anilines is 1. The molecular weight excluding hydrogens is 540 g/mol. The van der Waals surface area contributed by atoms with Gasteiger partial charge < -0.3 is 9.72 Å². The van der Waals surface area contributed by atoms with Gasteiger partial charge in [0.1, 0.15) is 15.9 Å². The van der Waals surface area contributed by atoms with Gasteiger partial charge in [0.05, 0.1) is 24.2 Å². The molecule has 1 N–H and O–H groups in total. The number of aromatic nitrogens is 5. The summed E-state index contributed by atoms with van der Waals surface area (Å²) in [5, 5.41) is 0. The van der Waals surface area contributed by atoms with E-state index in [1.165, 1.54) is 15.7 Å². The van der Waals surface area contributed by atoms with Crippen LogP contribution in [0.1, 0.15) is 37.0 Å². The smallest absolute Gasteiger partial charge is 0.331 e. The number of amides is 1. The number of ether oxygens (including phenoxy) is 1. The molecular formula is C26H29BrN6O4. The predicted octanol–water partition coefficient (Wildman–Crippen LogP) is 3.82. The van der Waals surface area contributed by atoms with Crippen LogP contribution in [0.2, 0.25) is 0 Å². The van der Waals surface area contributed by atoms with Crippen molar-refractivity contribution in [3.63, 3.8) is 0 Å². The van der Waals surface area contributed by atoms with Gasteiger partial charge in [-0.25, -0.2) is 14.8 Å². The highest BCUT2D eigenvalue weighted by Crippen LogP contribution is 2.24. The Morgan fingerprint density at radius 1 is 1.05 bits per heavy atom. The Morgan fingerprint density at radius 2 is 1.81 bits per heavy atom. The summed E-state index contributed by atoms with van der Waals surface area (Å²) in [5.41, 5.74) is 2.15. The van der Waals surface area contributed by atoms with Crippen molar-refractivity contribution in [3.05, 3.63) is 73.7 Å². The van der Waals surface area contributed by atoms with Gasteiger partial charge in [-0.1, -0.05) is 13.8 Å². The van der Waals surface area contributed by atoms with Crippen molar-refractivity contribution in [2.75, 3.05) is 25.2 Å². The van der Waals surface area contributed by atoms with Gasteiger partial charge in [-0.3, -0.25) is 23.6 Å². The molecule has 10 nitrogen and oxygen atoms in total. The molecule has 0 aliphatic heterocycles. The topological polar surface area (TPSA) is 115 Å². The van der Waals surface area contributed by atoms with Crippen LogP contribution in [0, 0.1) is 0 Å². The SMILES string of the molecule is CCCn1c(=O)c2[nH]c(-c3ccc(N(CCOC)C(=O)c4ccc(Br)nc4)nc3)cc2n(CCC)c1=O. The van der Waals surface area contributed by atoms with E-state index in [1.54, 1.807) is 36.1 Å². The van der Waals surface area contributed by atoms with Crippen LogP contribution in [0.15, 0.2) is 56.9 Å². The monoisotopic (exact) mass is 568 g/mol. The Balaban J connectivity index is 1.72. The molecule has 11 heteroatoms. The molecule has 0 bridgehead atoms. The van der Waals surface area contributed by atoms with Crippen LogP contribution in [-0.4, -0.2) is 50.3 Å². The van der Waals surface area contributed by atoms with Gasteiger partial charge >= 0.3 is 5.69 Å². The summed E-state index contributed by atoms with van der Waals surface area (Å²) in [6.07, 6.45) is 4.59. The summed E-state index contributed by atoms with van der Waals surface area (Å²) in [6, 6.07) is 8.78. The van der Waals surface area contributed by atoms with E-state index in [4.69, 9.17) is 4.74 Å². The number of nitrogens with one attached hydrogen (secondary N) is 1. The lowest BCUT2D eigenvalue weighted by atomic mass is 10.2. The number of hydrogen-bond acceptors (Lipinski definition) is 6. The largest absolute Gasteiger partial charge is 0.383 e. The van der Waals surface area contributed by atoms with Crippen LogP contribution in [0.5, 0.6) is 0 Å². The van der Waals surface area contributed by atoms with Crippen molar-refractivity contribution in [1.29, 1.82) is 0 Å². The van der Waals surface area contributed by atoms with Crippen molar-refractivity contribution in [2.45, 2.75) is 39.8 Å². The molecule has 0 atom stereocenters. The fourth-order valence-corrected chi connectivity index (χ4v) is 4.41. The highest BCUT2D eigenvalue weighted by molar-refractivity contribution is 9.10. The van der Waals surface area contributed by atoms with E-state index < -0.39 is 0 Å². The van der Waals surface area contributed by atoms with Gasteiger partial charge in [0.25, 0.3) is 11.5 Å². The first-order valence-electron chi connectivity index (χ1n) is 12.1. The molecule has 0 unspecified atom stereocenters. The molecule has 194 valence electrons. The number of H-pyrrole nitrogens is 1. The number of nitrogens with zero attached hydrogens (tertiary/aromatic N) is 5. The van der Waals surface area contributed by atoms with Crippen LogP contribution >= 0.6 is 15.9 Å². The molecule has 0 radical (unpaired) electrons. The lowest BCUT2D eigenvalue weighted by Crippen LogP contribution is -2.39. The van der Waals surface area contributed by atoms with E-state index in [1.807, 2.05) is 26.0 Å². The Kier molecular flexibility index (Phi) is 8.34. The molecule has 0 aliphatic carbocycles. The number of fused-ring (bicyclic) bond motifs is 1. The number of aryl methyl sites for hydroxylation is 1. The molecule has 4 aromatic heterocycles. The third-order valence-corrected chi connectivity index (χ3v) is 6.45. The van der Waals surface area contributed by atoms with Crippen molar-refractivity contribution < 1.29 is 9.53 Å². The minimum absolute atomic E-state index is 0.247. The molecule has 37 heavy (non-hydrogen) atoms. The molecule has 0 spiro atoms. The van der Waals surface area contributed by atoms with E-state index in [0.717, 1.165) is 12.0 Å². The van der Waals surface area contributed by atoms with Crippen LogP contribution < -0.4 is 16.1 Å². The zero-order valence-corrected chi connectivity index (χ0v) is 22.6. The number of methoxy groups -OCH3 is 1. The zero-order valence-electron chi connectivity index (χ0n) is 21.0. The van der Waals surface area contributed by atoms with E-state index >= 15 is 0 Å². The maximum absolute atomic E-state index is 13.2. The Bertz CT molecular complexity index is 1510. The molecule has 0 saturated carbocycles. The van der Waals surface area contributed by atoms with E-state index in [-0.39, 0.29) is 17.2 Å². The van der Waals surface area contributed by atoms with Gasteiger partial charge in [-0.05, 0) is 59.1 Å². The summed E-state index contributed by atoms with van der Waals surface area (Å²) in [6.45, 7) is 5.44. The molecule has 1 amide bonds. The zero-order chi connectivity index (χ0) is 26.5. The van der Waals surface area contributed by atoms with Gasteiger partial charge in [-0.15, -0.1) is 0 Å². The normalized spacial score (nSPS) is 11.2. The lowest BCUT2D eigenvalue weighted by Gasteiger charge is -2.21. The minimum atomic E-state index is -0.329. The summed E-state index contributed by atoms with van der Waals surface area (Å²) >= 11 is 3.28. The molecule has 0 fully saturated rings. The molecule has 4 heterocycles. The van der Waals surface area contributed by atoms with Crippen LogP contribution in [0.4, 0.5) is 5.82 Å². The van der Waals surface area contributed by atoms with Crippen molar-refractivity contribution in [3.8, 4) is 11.3 Å². The quantitative estimate of drug-likeness (QED) is 0.291. The molecule has 4 aromatic rings. The van der Waals surface area contributed by atoms with E-state index in [2.05, 4.69) is 30.9 Å². The summed E-state index contributed by atoms with van der Waals surface area (Å²) in [4.78, 5) is 52.6. The van der Waals surface area contributed by atoms with Crippen LogP contribution in [0.3, 0.4) is 0 Å². The maximum Gasteiger partial charge on any atom is 0.331 e. The fourth-order valence-electron chi connectivity index (χ4n) is 4.17. The first-order chi connectivity index (χ1) is 17.9. The Labute approximate surface area is 222 Å². The maximum atomic E-state index is 13.2. The highest BCUT2D eigenvalue weighted by Gasteiger charge is 2.20. The van der Waals surface area contributed by atoms with Crippen molar-refractivity contribution in [2.24, 2.45) is 0 Å². The average molecular weight is 569 g/mol. The Hall–Kier alpha value is -3.57. The van der Waals surface area contributed by atoms with Crippen LogP contribution in [0.25, 0.3) is 22.3 Å². The lowest BCUT2D eigenvalue weighted by molar-refractivity contribution is 0.0974. The van der Waals surface area contributed by atoms with E-state index in [9.17, 15) is 14.4 Å². The summed E-state index contributed by atoms with van der Waals surface area (Å²) in [7, 11) is 1.57. The Morgan fingerprint density at radius 3 is 2.43 bits per heavy atom. The number of pyridine rings is 2. The third kappa shape index (κ3) is 5.42. The standard InChI is InChI=1S/C26H29BrN6O4/c1-4-10-31-20-14-19(30-23(20)25(35)33(11-5-2)26(31)36)17-7-9-22(29-15-17)32(12-13-37-3)24(34)18-6-8-21(27)28-16-18/h6-9,14-16,30H,4-5,10-13H2,1-3H3. The highest BCUT2D eigenvalue weighted by atomic mass is 79.9. The molecule has 0 aromatic carbocycles. The predicted molar refractivity (Wildman–Crippen MR) is 146 cm³/mol. The number of rotatable bonds is 10. The van der Waals surface area contributed by atoms with Crippen molar-refractivity contribution >= 4 is 38.7 Å². The van der Waals surface area contributed by atoms with E-state index in [0.29, 0.717) is 65.4 Å². The van der Waals surface area contributed by atoms with Gasteiger partial charge in [0, 0.05) is 43.9 Å². The second-order valence-corrected chi connectivity index (χ2v) is 9.37. The number of carbonyl (C=O) groups excluding carboxylic acids is 1. The second kappa shape index (κ2) is 11.7. The molecule has 0 saturated heterocycles. The second-order valence-electron chi connectivity index (χ2n) is 8.56. The number of halogens is 1. The van der Waals surface area contributed by atoms with Gasteiger partial charge in [0.15, 0.2) is 0 Å². The van der Waals surface area contributed by atoms with Gasteiger partial charge in [-0.2, -0.15) is 0 Å². The number of hydrogen-bond donors (Lipinski definition) is 1. The summed E-state index contributed by atoms with van der Waals surface area (Å²) in [5.74, 6) is 0.209.